The van der Waals surface area contributed by atoms with Crippen molar-refractivity contribution in [3.8, 4) is 0 Å². The summed E-state index contributed by atoms with van der Waals surface area (Å²) in [4.78, 5) is 21.6. The first-order valence-corrected chi connectivity index (χ1v) is 5.58. The van der Waals surface area contributed by atoms with Gasteiger partial charge in [-0.1, -0.05) is 17.7 Å². The van der Waals surface area contributed by atoms with Gasteiger partial charge in [0.15, 0.2) is 0 Å². The maximum atomic E-state index is 12.2. The number of halogens is 1. The SMILES string of the molecule is CN(C(=O)c1nc(N)ccc1Cl)c1ccccn1. The Morgan fingerprint density at radius 3 is 2.78 bits per heavy atom. The Morgan fingerprint density at radius 1 is 1.33 bits per heavy atom. The predicted molar refractivity (Wildman–Crippen MR) is 70.6 cm³/mol. The van der Waals surface area contributed by atoms with Crippen molar-refractivity contribution >= 4 is 29.1 Å². The van der Waals surface area contributed by atoms with Crippen LogP contribution < -0.4 is 10.6 Å². The van der Waals surface area contributed by atoms with Crippen LogP contribution in [0, 0.1) is 0 Å². The Hall–Kier alpha value is -2.14. The molecular weight excluding hydrogens is 252 g/mol. The number of nitrogens with two attached hydrogens (primary N) is 1. The lowest BCUT2D eigenvalue weighted by Gasteiger charge is -2.16. The molecule has 0 aromatic carbocycles. The fraction of sp³-hybridized carbons (Fsp3) is 0.0833. The Bertz CT molecular complexity index is 574. The number of nitrogen functional groups attached to an aromatic ring is 1. The number of aromatic nitrogens is 2. The molecule has 2 rings (SSSR count). The molecule has 0 saturated carbocycles. The van der Waals surface area contributed by atoms with Gasteiger partial charge in [-0.3, -0.25) is 9.69 Å². The number of nitrogens with zero attached hydrogens (tertiary/aromatic N) is 3. The molecule has 0 unspecified atom stereocenters. The zero-order valence-corrected chi connectivity index (χ0v) is 10.4. The van der Waals surface area contributed by atoms with Crippen LogP contribution >= 0.6 is 11.6 Å². The van der Waals surface area contributed by atoms with Gasteiger partial charge in [-0.25, -0.2) is 9.97 Å². The summed E-state index contributed by atoms with van der Waals surface area (Å²) < 4.78 is 0. The Balaban J connectivity index is 2.34. The van der Waals surface area contributed by atoms with E-state index in [-0.39, 0.29) is 22.4 Å². The highest BCUT2D eigenvalue weighted by molar-refractivity contribution is 6.34. The van der Waals surface area contributed by atoms with E-state index in [1.165, 1.54) is 4.90 Å². The minimum Gasteiger partial charge on any atom is -0.384 e. The molecule has 0 aliphatic heterocycles. The lowest BCUT2D eigenvalue weighted by atomic mass is 10.3. The minimum absolute atomic E-state index is 0.116. The second kappa shape index (κ2) is 5.01. The Kier molecular flexibility index (Phi) is 3.43. The lowest BCUT2D eigenvalue weighted by molar-refractivity contribution is 0.0988. The number of pyridine rings is 2. The Labute approximate surface area is 109 Å². The Morgan fingerprint density at radius 2 is 2.11 bits per heavy atom. The summed E-state index contributed by atoms with van der Waals surface area (Å²) in [6.45, 7) is 0. The summed E-state index contributed by atoms with van der Waals surface area (Å²) in [5.74, 6) is 0.408. The zero-order valence-electron chi connectivity index (χ0n) is 9.67. The molecule has 0 bridgehead atoms. The van der Waals surface area contributed by atoms with Crippen LogP contribution in [-0.4, -0.2) is 22.9 Å². The van der Waals surface area contributed by atoms with Crippen molar-refractivity contribution in [1.29, 1.82) is 0 Å². The summed E-state index contributed by atoms with van der Waals surface area (Å²) in [7, 11) is 1.60. The second-order valence-electron chi connectivity index (χ2n) is 3.62. The average molecular weight is 263 g/mol. The molecule has 0 atom stereocenters. The molecular formula is C12H11ClN4O. The molecule has 2 aromatic heterocycles. The third-order valence-corrected chi connectivity index (χ3v) is 2.67. The van der Waals surface area contributed by atoms with E-state index in [9.17, 15) is 4.79 Å². The van der Waals surface area contributed by atoms with Gasteiger partial charge < -0.3 is 5.73 Å². The normalized spacial score (nSPS) is 10.1. The number of hydrogen-bond acceptors (Lipinski definition) is 4. The van der Waals surface area contributed by atoms with E-state index in [2.05, 4.69) is 9.97 Å². The molecule has 92 valence electrons. The van der Waals surface area contributed by atoms with Crippen molar-refractivity contribution in [2.75, 3.05) is 17.7 Å². The van der Waals surface area contributed by atoms with Crippen molar-refractivity contribution in [3.63, 3.8) is 0 Å². The van der Waals surface area contributed by atoms with Crippen molar-refractivity contribution in [2.45, 2.75) is 0 Å². The van der Waals surface area contributed by atoms with Crippen molar-refractivity contribution in [3.05, 3.63) is 47.2 Å². The number of carbonyl (C=O) groups excluding carboxylic acids is 1. The molecule has 2 heterocycles. The first-order valence-electron chi connectivity index (χ1n) is 5.20. The monoisotopic (exact) mass is 262 g/mol. The van der Waals surface area contributed by atoms with E-state index >= 15 is 0 Å². The fourth-order valence-corrected chi connectivity index (χ4v) is 1.61. The topological polar surface area (TPSA) is 72.1 Å². The van der Waals surface area contributed by atoms with E-state index in [1.54, 1.807) is 43.6 Å². The van der Waals surface area contributed by atoms with Crippen LogP contribution in [0.3, 0.4) is 0 Å². The summed E-state index contributed by atoms with van der Waals surface area (Å²) in [5.41, 5.74) is 5.66. The first-order chi connectivity index (χ1) is 8.59. The number of hydrogen-bond donors (Lipinski definition) is 1. The van der Waals surface area contributed by atoms with Crippen LogP contribution in [0.2, 0.25) is 5.02 Å². The zero-order chi connectivity index (χ0) is 13.1. The quantitative estimate of drug-likeness (QED) is 0.898. The van der Waals surface area contributed by atoms with Gasteiger partial charge in [0.1, 0.15) is 17.3 Å². The summed E-state index contributed by atoms with van der Waals surface area (Å²) >= 11 is 5.94. The standard InChI is InChI=1S/C12H11ClN4O/c1-17(10-4-2-3-7-15-10)12(18)11-8(13)5-6-9(14)16-11/h2-7H,1H3,(H2,14,16). The molecule has 1 amide bonds. The van der Waals surface area contributed by atoms with Crippen LogP contribution in [0.4, 0.5) is 11.6 Å². The van der Waals surface area contributed by atoms with Crippen LogP contribution in [0.5, 0.6) is 0 Å². The number of anilines is 2. The number of amides is 1. The highest BCUT2D eigenvalue weighted by Gasteiger charge is 2.19. The highest BCUT2D eigenvalue weighted by atomic mass is 35.5. The van der Waals surface area contributed by atoms with Crippen LogP contribution in [0.1, 0.15) is 10.5 Å². The van der Waals surface area contributed by atoms with E-state index in [1.807, 2.05) is 0 Å². The van der Waals surface area contributed by atoms with Gasteiger partial charge in [0.05, 0.1) is 5.02 Å². The molecule has 0 spiro atoms. The van der Waals surface area contributed by atoms with E-state index < -0.39 is 0 Å². The van der Waals surface area contributed by atoms with E-state index in [4.69, 9.17) is 17.3 Å². The third kappa shape index (κ3) is 2.41. The van der Waals surface area contributed by atoms with Gasteiger partial charge in [0.25, 0.3) is 5.91 Å². The summed E-state index contributed by atoms with van der Waals surface area (Å²) in [6, 6.07) is 8.37. The highest BCUT2D eigenvalue weighted by Crippen LogP contribution is 2.19. The number of rotatable bonds is 2. The van der Waals surface area contributed by atoms with Crippen molar-refractivity contribution in [2.24, 2.45) is 0 Å². The fourth-order valence-electron chi connectivity index (χ4n) is 1.42. The molecule has 6 heteroatoms. The second-order valence-corrected chi connectivity index (χ2v) is 4.03. The average Bonchev–Trinajstić information content (AvgIpc) is 2.41. The molecule has 0 aliphatic rings. The molecule has 18 heavy (non-hydrogen) atoms. The van der Waals surface area contributed by atoms with Gasteiger partial charge in [-0.15, -0.1) is 0 Å². The molecule has 0 aliphatic carbocycles. The smallest absolute Gasteiger partial charge is 0.279 e. The van der Waals surface area contributed by atoms with E-state index in [0.717, 1.165) is 0 Å². The molecule has 0 saturated heterocycles. The van der Waals surface area contributed by atoms with Gasteiger partial charge in [0.2, 0.25) is 0 Å². The molecule has 5 nitrogen and oxygen atoms in total. The predicted octanol–water partition coefficient (Wildman–Crippen LogP) is 1.99. The van der Waals surface area contributed by atoms with Gasteiger partial charge in [-0.05, 0) is 24.3 Å². The van der Waals surface area contributed by atoms with Crippen molar-refractivity contribution in [1.82, 2.24) is 9.97 Å². The van der Waals surface area contributed by atoms with E-state index in [0.29, 0.717) is 5.82 Å². The van der Waals surface area contributed by atoms with Crippen molar-refractivity contribution < 1.29 is 4.79 Å². The summed E-state index contributed by atoms with van der Waals surface area (Å²) in [5, 5.41) is 0.261. The molecule has 2 N–H and O–H groups in total. The van der Waals surface area contributed by atoms with Gasteiger partial charge in [0, 0.05) is 13.2 Å². The van der Waals surface area contributed by atoms with Crippen LogP contribution in [0.15, 0.2) is 36.5 Å². The van der Waals surface area contributed by atoms with Crippen LogP contribution in [-0.2, 0) is 0 Å². The molecule has 2 aromatic rings. The number of carbonyl (C=O) groups is 1. The van der Waals surface area contributed by atoms with Crippen LogP contribution in [0.25, 0.3) is 0 Å². The summed E-state index contributed by atoms with van der Waals surface area (Å²) in [6.07, 6.45) is 1.60. The maximum absolute atomic E-state index is 12.2. The lowest BCUT2D eigenvalue weighted by Crippen LogP contribution is -2.28. The maximum Gasteiger partial charge on any atom is 0.279 e. The van der Waals surface area contributed by atoms with Gasteiger partial charge in [-0.2, -0.15) is 0 Å². The molecule has 0 radical (unpaired) electrons. The first kappa shape index (κ1) is 12.3. The largest absolute Gasteiger partial charge is 0.384 e. The van der Waals surface area contributed by atoms with Gasteiger partial charge >= 0.3 is 0 Å². The third-order valence-electron chi connectivity index (χ3n) is 2.37. The minimum atomic E-state index is -0.356. The molecule has 0 fully saturated rings.